The van der Waals surface area contributed by atoms with Gasteiger partial charge in [0.2, 0.25) is 5.54 Å². The highest BCUT2D eigenvalue weighted by molar-refractivity contribution is 7.99. The fourth-order valence-electron chi connectivity index (χ4n) is 1.54. The Morgan fingerprint density at radius 3 is 2.21 bits per heavy atom. The van der Waals surface area contributed by atoms with Gasteiger partial charge in [-0.15, -0.1) is 0 Å². The zero-order chi connectivity index (χ0) is 14.7. The molecule has 9 heteroatoms. The summed E-state index contributed by atoms with van der Waals surface area (Å²) >= 11 is 1.70. The number of carbonyl (C=O) groups is 2. The van der Waals surface area contributed by atoms with Gasteiger partial charge >= 0.3 is 18.2 Å². The summed E-state index contributed by atoms with van der Waals surface area (Å²) in [5.74, 6) is -0.504. The molecule has 1 rings (SSSR count). The highest BCUT2D eigenvalue weighted by Crippen LogP contribution is 2.30. The van der Waals surface area contributed by atoms with E-state index < -0.39 is 23.7 Å². The van der Waals surface area contributed by atoms with E-state index in [4.69, 9.17) is 5.11 Å². The average Bonchev–Trinajstić information content (AvgIpc) is 2.28. The van der Waals surface area contributed by atoms with Gasteiger partial charge in [-0.25, -0.2) is 9.59 Å². The van der Waals surface area contributed by atoms with Crippen LogP contribution in [0.2, 0.25) is 0 Å². The fourth-order valence-corrected chi connectivity index (χ4v) is 2.64. The van der Waals surface area contributed by atoms with Crippen LogP contribution in [0.5, 0.6) is 0 Å². The zero-order valence-electron chi connectivity index (χ0n) is 10.2. The summed E-state index contributed by atoms with van der Waals surface area (Å²) in [5, 5.41) is 12.5. The van der Waals surface area contributed by atoms with Crippen molar-refractivity contribution in [3.8, 4) is 0 Å². The number of carboxylic acid groups (broad SMARTS) is 1. The summed E-state index contributed by atoms with van der Waals surface area (Å²) in [6, 6.07) is -1.33. The van der Waals surface area contributed by atoms with E-state index in [0.717, 1.165) is 11.5 Å². The minimum absolute atomic E-state index is 0.215. The Kier molecular flexibility index (Phi) is 4.94. The van der Waals surface area contributed by atoms with Crippen molar-refractivity contribution in [1.29, 1.82) is 0 Å². The van der Waals surface area contributed by atoms with Crippen molar-refractivity contribution in [3.05, 3.63) is 0 Å². The third-order valence-electron chi connectivity index (χ3n) is 2.91. The van der Waals surface area contributed by atoms with Crippen LogP contribution in [0.3, 0.4) is 0 Å². The maximum absolute atomic E-state index is 12.7. The Morgan fingerprint density at radius 2 is 1.79 bits per heavy atom. The lowest BCUT2D eigenvalue weighted by Gasteiger charge is -2.30. The van der Waals surface area contributed by atoms with E-state index in [1.165, 1.54) is 5.32 Å². The monoisotopic (exact) mass is 300 g/mol. The van der Waals surface area contributed by atoms with Gasteiger partial charge in [0.1, 0.15) is 0 Å². The number of alkyl halides is 3. The van der Waals surface area contributed by atoms with Crippen molar-refractivity contribution in [2.75, 3.05) is 11.5 Å². The molecule has 0 aliphatic carbocycles. The lowest BCUT2D eigenvalue weighted by atomic mass is 10.0. The number of amides is 2. The van der Waals surface area contributed by atoms with E-state index in [-0.39, 0.29) is 6.04 Å². The number of hydrogen-bond acceptors (Lipinski definition) is 3. The molecule has 1 unspecified atom stereocenters. The normalized spacial score (nSPS) is 20.4. The summed E-state index contributed by atoms with van der Waals surface area (Å²) in [6.45, 7) is 0.422. The number of nitrogens with one attached hydrogen (secondary N) is 2. The Balaban J connectivity index is 2.64. The predicted molar refractivity (Wildman–Crippen MR) is 64.1 cm³/mol. The van der Waals surface area contributed by atoms with E-state index >= 15 is 0 Å². The van der Waals surface area contributed by atoms with Gasteiger partial charge in [0.25, 0.3) is 0 Å². The molecule has 2 amide bonds. The third-order valence-corrected chi connectivity index (χ3v) is 3.96. The molecule has 1 fully saturated rings. The third kappa shape index (κ3) is 3.92. The second kappa shape index (κ2) is 5.89. The second-order valence-electron chi connectivity index (χ2n) is 4.41. The molecule has 0 bridgehead atoms. The van der Waals surface area contributed by atoms with Crippen molar-refractivity contribution >= 4 is 23.8 Å². The smallest absolute Gasteiger partial charge is 0.422 e. The molecular formula is C10H15F3N2O3S. The molecule has 1 atom stereocenters. The van der Waals surface area contributed by atoms with Crippen LogP contribution in [0.25, 0.3) is 0 Å². The molecule has 0 aromatic rings. The molecular weight excluding hydrogens is 285 g/mol. The topological polar surface area (TPSA) is 78.4 Å². The molecule has 0 aromatic carbocycles. The van der Waals surface area contributed by atoms with Crippen LogP contribution in [0.4, 0.5) is 18.0 Å². The van der Waals surface area contributed by atoms with Gasteiger partial charge < -0.3 is 15.7 Å². The molecule has 0 radical (unpaired) electrons. The first kappa shape index (κ1) is 15.9. The van der Waals surface area contributed by atoms with Gasteiger partial charge in [-0.05, 0) is 31.3 Å². The Hall–Kier alpha value is -1.12. The van der Waals surface area contributed by atoms with Crippen LogP contribution in [-0.2, 0) is 4.79 Å². The van der Waals surface area contributed by atoms with Crippen LogP contribution in [-0.4, -0.2) is 46.4 Å². The lowest BCUT2D eigenvalue weighted by molar-refractivity contribution is -0.203. The van der Waals surface area contributed by atoms with Crippen LogP contribution in [0.15, 0.2) is 0 Å². The molecule has 0 saturated carbocycles. The summed E-state index contributed by atoms with van der Waals surface area (Å²) < 4.78 is 38.0. The van der Waals surface area contributed by atoms with E-state index in [2.05, 4.69) is 5.32 Å². The second-order valence-corrected chi connectivity index (χ2v) is 5.64. The average molecular weight is 300 g/mol. The first-order valence-electron chi connectivity index (χ1n) is 5.63. The highest BCUT2D eigenvalue weighted by Gasteiger charge is 2.58. The van der Waals surface area contributed by atoms with Crippen molar-refractivity contribution in [3.63, 3.8) is 0 Å². The van der Waals surface area contributed by atoms with Gasteiger partial charge in [0, 0.05) is 6.04 Å². The zero-order valence-corrected chi connectivity index (χ0v) is 11.0. The fraction of sp³-hybridized carbons (Fsp3) is 0.800. The molecule has 1 heterocycles. The lowest BCUT2D eigenvalue weighted by Crippen LogP contribution is -2.64. The van der Waals surface area contributed by atoms with Crippen molar-refractivity contribution in [2.24, 2.45) is 0 Å². The van der Waals surface area contributed by atoms with Crippen molar-refractivity contribution in [1.82, 2.24) is 10.6 Å². The van der Waals surface area contributed by atoms with Gasteiger partial charge in [0.15, 0.2) is 0 Å². The van der Waals surface area contributed by atoms with E-state index in [0.29, 0.717) is 19.8 Å². The maximum atomic E-state index is 12.7. The molecule has 1 aliphatic heterocycles. The quantitative estimate of drug-likeness (QED) is 0.739. The first-order valence-corrected chi connectivity index (χ1v) is 6.79. The van der Waals surface area contributed by atoms with Crippen LogP contribution >= 0.6 is 11.8 Å². The highest BCUT2D eigenvalue weighted by atomic mass is 32.2. The molecule has 1 aliphatic rings. The van der Waals surface area contributed by atoms with Crippen LogP contribution in [0, 0.1) is 0 Å². The SMILES string of the molecule is CC(NC(=O)NC1CCSCC1)(C(=O)O)C(F)(F)F. The number of halogens is 3. The van der Waals surface area contributed by atoms with Crippen LogP contribution in [0.1, 0.15) is 19.8 Å². The van der Waals surface area contributed by atoms with Crippen molar-refractivity contribution < 1.29 is 27.9 Å². The number of thioether (sulfide) groups is 1. The standard InChI is InChI=1S/C10H15F3N2O3S/c1-9(7(16)17,10(11,12)13)15-8(18)14-6-2-4-19-5-3-6/h6H,2-5H2,1H3,(H,16,17)(H2,14,15,18). The van der Waals surface area contributed by atoms with E-state index in [1.807, 2.05) is 0 Å². The number of carbonyl (C=O) groups excluding carboxylic acids is 1. The summed E-state index contributed by atoms with van der Waals surface area (Å²) in [4.78, 5) is 22.2. The van der Waals surface area contributed by atoms with Gasteiger partial charge in [-0.2, -0.15) is 24.9 Å². The van der Waals surface area contributed by atoms with Crippen LogP contribution < -0.4 is 10.6 Å². The molecule has 19 heavy (non-hydrogen) atoms. The van der Waals surface area contributed by atoms with Gasteiger partial charge in [0.05, 0.1) is 0 Å². The number of urea groups is 1. The molecule has 3 N–H and O–H groups in total. The number of carboxylic acids is 1. The summed E-state index contributed by atoms with van der Waals surface area (Å²) in [7, 11) is 0. The Morgan fingerprint density at radius 1 is 1.26 bits per heavy atom. The molecule has 110 valence electrons. The first-order chi connectivity index (χ1) is 8.67. The summed E-state index contributed by atoms with van der Waals surface area (Å²) in [6.07, 6.45) is -3.75. The summed E-state index contributed by atoms with van der Waals surface area (Å²) in [5.41, 5.74) is -3.29. The molecule has 1 saturated heterocycles. The Bertz CT molecular complexity index is 358. The van der Waals surface area contributed by atoms with E-state index in [9.17, 15) is 22.8 Å². The number of rotatable bonds is 3. The minimum Gasteiger partial charge on any atom is -0.479 e. The van der Waals surface area contributed by atoms with Gasteiger partial charge in [-0.1, -0.05) is 0 Å². The maximum Gasteiger partial charge on any atom is 0.422 e. The van der Waals surface area contributed by atoms with E-state index in [1.54, 1.807) is 11.8 Å². The largest absolute Gasteiger partial charge is 0.479 e. The molecule has 5 nitrogen and oxygen atoms in total. The van der Waals surface area contributed by atoms with Crippen molar-refractivity contribution in [2.45, 2.75) is 37.5 Å². The predicted octanol–water partition coefficient (Wildman–Crippen LogP) is 1.59. The molecule has 0 spiro atoms. The Labute approximate surface area is 112 Å². The van der Waals surface area contributed by atoms with Gasteiger partial charge in [-0.3, -0.25) is 0 Å². The minimum atomic E-state index is -5.07. The number of hydrogen-bond donors (Lipinski definition) is 3. The number of aliphatic carboxylic acids is 1. The molecule has 0 aromatic heterocycles.